The minimum absolute atomic E-state index is 0.0485. The predicted octanol–water partition coefficient (Wildman–Crippen LogP) is 3.81. The highest BCUT2D eigenvalue weighted by atomic mass is 35.5. The molecule has 0 aliphatic rings. The molecule has 0 saturated carbocycles. The predicted molar refractivity (Wildman–Crippen MR) is 117 cm³/mol. The molecule has 0 aliphatic carbocycles. The fourth-order valence-electron chi connectivity index (χ4n) is 2.63. The maximum absolute atomic E-state index is 12.4. The van der Waals surface area contributed by atoms with Gasteiger partial charge in [0.25, 0.3) is 5.91 Å². The molecule has 2 N–H and O–H groups in total. The van der Waals surface area contributed by atoms with Crippen molar-refractivity contribution in [1.29, 1.82) is 0 Å². The second kappa shape index (κ2) is 10.7. The van der Waals surface area contributed by atoms with Crippen molar-refractivity contribution in [2.24, 2.45) is 0 Å². The molecule has 0 aliphatic heterocycles. The van der Waals surface area contributed by atoms with E-state index in [0.717, 1.165) is 5.69 Å². The van der Waals surface area contributed by atoms with Crippen LogP contribution in [0.25, 0.3) is 5.69 Å². The summed E-state index contributed by atoms with van der Waals surface area (Å²) in [6, 6.07) is 14.2. The third-order valence-electron chi connectivity index (χ3n) is 4.15. The summed E-state index contributed by atoms with van der Waals surface area (Å²) in [5.41, 5.74) is 5.51. The molecule has 1 heterocycles. The SMILES string of the molecule is COc1cn(-c2ccccc2)nc1C(=O)NNC(=O)CCCOc1ccc(Cl)cc1Cl. The van der Waals surface area contributed by atoms with Crippen LogP contribution in [0, 0.1) is 0 Å². The number of hydrazine groups is 1. The van der Waals surface area contributed by atoms with E-state index in [1.807, 2.05) is 30.3 Å². The Labute approximate surface area is 189 Å². The first-order valence-electron chi connectivity index (χ1n) is 9.34. The lowest BCUT2D eigenvalue weighted by Crippen LogP contribution is -2.42. The quantitative estimate of drug-likeness (QED) is 0.392. The summed E-state index contributed by atoms with van der Waals surface area (Å²) in [5, 5.41) is 5.15. The Morgan fingerprint density at radius 2 is 1.84 bits per heavy atom. The minimum Gasteiger partial charge on any atom is -0.493 e. The topological polar surface area (TPSA) is 94.5 Å². The highest BCUT2D eigenvalue weighted by Gasteiger charge is 2.19. The maximum atomic E-state index is 12.4. The van der Waals surface area contributed by atoms with Gasteiger partial charge in [0.1, 0.15) is 5.75 Å². The number of rotatable bonds is 8. The molecule has 0 radical (unpaired) electrons. The molecular formula is C21H20Cl2N4O4. The van der Waals surface area contributed by atoms with E-state index < -0.39 is 5.91 Å². The number of para-hydroxylation sites is 1. The fraction of sp³-hybridized carbons (Fsp3) is 0.190. The number of hydrogen-bond acceptors (Lipinski definition) is 5. The molecule has 3 aromatic rings. The molecule has 2 amide bonds. The highest BCUT2D eigenvalue weighted by Crippen LogP contribution is 2.27. The number of carbonyl (C=O) groups excluding carboxylic acids is 2. The van der Waals surface area contributed by atoms with Crippen LogP contribution in [0.2, 0.25) is 10.0 Å². The fourth-order valence-corrected chi connectivity index (χ4v) is 3.10. The smallest absolute Gasteiger partial charge is 0.294 e. The van der Waals surface area contributed by atoms with Gasteiger partial charge in [-0.2, -0.15) is 5.10 Å². The van der Waals surface area contributed by atoms with Gasteiger partial charge in [0.2, 0.25) is 5.91 Å². The van der Waals surface area contributed by atoms with Crippen molar-refractivity contribution in [2.45, 2.75) is 12.8 Å². The van der Waals surface area contributed by atoms with E-state index in [-0.39, 0.29) is 30.4 Å². The van der Waals surface area contributed by atoms with E-state index in [4.69, 9.17) is 32.7 Å². The zero-order chi connectivity index (χ0) is 22.2. The van der Waals surface area contributed by atoms with Crippen molar-refractivity contribution in [1.82, 2.24) is 20.6 Å². The van der Waals surface area contributed by atoms with Crippen LogP contribution in [0.5, 0.6) is 11.5 Å². The van der Waals surface area contributed by atoms with E-state index in [0.29, 0.717) is 22.2 Å². The van der Waals surface area contributed by atoms with Crippen LogP contribution in [0.4, 0.5) is 0 Å². The first-order valence-corrected chi connectivity index (χ1v) is 10.1. The third kappa shape index (κ3) is 6.13. The van der Waals surface area contributed by atoms with Crippen molar-refractivity contribution < 1.29 is 19.1 Å². The van der Waals surface area contributed by atoms with Crippen LogP contribution in [-0.2, 0) is 4.79 Å². The first-order chi connectivity index (χ1) is 15.0. The Kier molecular flexibility index (Phi) is 7.75. The van der Waals surface area contributed by atoms with E-state index in [9.17, 15) is 9.59 Å². The lowest BCUT2D eigenvalue weighted by atomic mass is 10.3. The normalized spacial score (nSPS) is 10.4. The van der Waals surface area contributed by atoms with Gasteiger partial charge in [-0.3, -0.25) is 20.4 Å². The number of nitrogens with one attached hydrogen (secondary N) is 2. The van der Waals surface area contributed by atoms with Crippen molar-refractivity contribution >= 4 is 35.0 Å². The Hall–Kier alpha value is -3.23. The molecule has 3 rings (SSSR count). The van der Waals surface area contributed by atoms with Crippen molar-refractivity contribution in [3.63, 3.8) is 0 Å². The average Bonchev–Trinajstić information content (AvgIpc) is 3.21. The van der Waals surface area contributed by atoms with Crippen molar-refractivity contribution in [2.75, 3.05) is 13.7 Å². The van der Waals surface area contributed by atoms with Crippen LogP contribution in [0.1, 0.15) is 23.3 Å². The van der Waals surface area contributed by atoms with E-state index in [1.54, 1.807) is 24.4 Å². The van der Waals surface area contributed by atoms with Gasteiger partial charge in [-0.1, -0.05) is 41.4 Å². The molecule has 162 valence electrons. The van der Waals surface area contributed by atoms with Gasteiger partial charge < -0.3 is 9.47 Å². The lowest BCUT2D eigenvalue weighted by Gasteiger charge is -2.09. The number of benzene rings is 2. The Morgan fingerprint density at radius 3 is 2.55 bits per heavy atom. The molecule has 1 aromatic heterocycles. The Balaban J connectivity index is 1.47. The summed E-state index contributed by atoms with van der Waals surface area (Å²) >= 11 is 11.9. The van der Waals surface area contributed by atoms with Gasteiger partial charge >= 0.3 is 0 Å². The maximum Gasteiger partial charge on any atom is 0.294 e. The third-order valence-corrected chi connectivity index (χ3v) is 4.68. The summed E-state index contributed by atoms with van der Waals surface area (Å²) in [4.78, 5) is 24.4. The highest BCUT2D eigenvalue weighted by molar-refractivity contribution is 6.35. The number of carbonyl (C=O) groups is 2. The van der Waals surface area contributed by atoms with Gasteiger partial charge in [-0.05, 0) is 36.8 Å². The summed E-state index contributed by atoms with van der Waals surface area (Å²) in [6.07, 6.45) is 2.15. The first kappa shape index (κ1) is 22.5. The largest absolute Gasteiger partial charge is 0.493 e. The van der Waals surface area contributed by atoms with Gasteiger partial charge in [-0.25, -0.2) is 4.68 Å². The molecule has 2 aromatic carbocycles. The monoisotopic (exact) mass is 462 g/mol. The summed E-state index contributed by atoms with van der Waals surface area (Å²) in [7, 11) is 1.44. The number of nitrogens with zero attached hydrogens (tertiary/aromatic N) is 2. The number of halogens is 2. The molecule has 31 heavy (non-hydrogen) atoms. The van der Waals surface area contributed by atoms with Gasteiger partial charge in [0.15, 0.2) is 11.4 Å². The molecule has 8 nitrogen and oxygen atoms in total. The molecular weight excluding hydrogens is 443 g/mol. The molecule has 0 bridgehead atoms. The Morgan fingerprint density at radius 1 is 1.06 bits per heavy atom. The average molecular weight is 463 g/mol. The standard InChI is InChI=1S/C21H20Cl2N4O4/c1-30-18-13-27(15-6-3-2-4-7-15)26-20(18)21(29)25-24-19(28)8-5-11-31-17-10-9-14(22)12-16(17)23/h2-4,6-7,9-10,12-13H,5,8,11H2,1H3,(H,24,28)(H,25,29). The van der Waals surface area contributed by atoms with Crippen LogP contribution < -0.4 is 20.3 Å². The van der Waals surface area contributed by atoms with Crippen LogP contribution in [0.15, 0.2) is 54.7 Å². The Bertz CT molecular complexity index is 1060. The zero-order valence-corrected chi connectivity index (χ0v) is 18.1. The molecule has 0 saturated heterocycles. The summed E-state index contributed by atoms with van der Waals surface area (Å²) < 4.78 is 12.3. The van der Waals surface area contributed by atoms with Crippen LogP contribution in [0.3, 0.4) is 0 Å². The van der Waals surface area contributed by atoms with E-state index in [2.05, 4.69) is 16.0 Å². The van der Waals surface area contributed by atoms with E-state index in [1.165, 1.54) is 11.8 Å². The number of amides is 2. The number of hydrogen-bond donors (Lipinski definition) is 2. The molecule has 0 unspecified atom stereocenters. The van der Waals surface area contributed by atoms with Crippen molar-refractivity contribution in [3.05, 3.63) is 70.5 Å². The second-order valence-corrected chi connectivity index (χ2v) is 7.20. The molecule has 0 atom stereocenters. The number of methoxy groups -OCH3 is 1. The summed E-state index contributed by atoms with van der Waals surface area (Å²) in [6.45, 7) is 0.276. The van der Waals surface area contributed by atoms with E-state index >= 15 is 0 Å². The van der Waals surface area contributed by atoms with Gasteiger partial charge in [0.05, 0.1) is 30.6 Å². The van der Waals surface area contributed by atoms with Gasteiger partial charge in [-0.15, -0.1) is 0 Å². The second-order valence-electron chi connectivity index (χ2n) is 6.36. The zero-order valence-electron chi connectivity index (χ0n) is 16.6. The molecule has 0 fully saturated rings. The summed E-state index contributed by atoms with van der Waals surface area (Å²) in [5.74, 6) is -0.200. The lowest BCUT2D eigenvalue weighted by molar-refractivity contribution is -0.122. The number of aromatic nitrogens is 2. The van der Waals surface area contributed by atoms with Crippen LogP contribution >= 0.6 is 23.2 Å². The number of ether oxygens (including phenoxy) is 2. The molecule has 0 spiro atoms. The van der Waals surface area contributed by atoms with Gasteiger partial charge in [0, 0.05) is 11.4 Å². The van der Waals surface area contributed by atoms with Crippen molar-refractivity contribution in [3.8, 4) is 17.2 Å². The van der Waals surface area contributed by atoms with Crippen LogP contribution in [-0.4, -0.2) is 35.3 Å². The minimum atomic E-state index is -0.593. The molecule has 10 heteroatoms.